The molecule has 1 saturated heterocycles. The Hall–Kier alpha value is -2.83. The molecule has 1 aromatic heterocycles. The van der Waals surface area contributed by atoms with Gasteiger partial charge in [0.25, 0.3) is 0 Å². The van der Waals surface area contributed by atoms with E-state index in [0.717, 1.165) is 24.7 Å². The number of rotatable bonds is 6. The van der Waals surface area contributed by atoms with E-state index in [4.69, 9.17) is 4.52 Å². The number of piperidine rings is 1. The van der Waals surface area contributed by atoms with Crippen LogP contribution in [0.4, 0.5) is 17.2 Å². The van der Waals surface area contributed by atoms with Crippen molar-refractivity contribution < 1.29 is 14.1 Å². The third-order valence-corrected chi connectivity index (χ3v) is 5.15. The highest BCUT2D eigenvalue weighted by Gasteiger charge is 2.18. The van der Waals surface area contributed by atoms with Crippen LogP contribution in [0.2, 0.25) is 0 Å². The molecule has 0 spiro atoms. The lowest BCUT2D eigenvalue weighted by Crippen LogP contribution is -2.33. The van der Waals surface area contributed by atoms with E-state index in [1.807, 2.05) is 12.1 Å². The molecule has 1 aromatic carbocycles. The van der Waals surface area contributed by atoms with Crippen LogP contribution in [0, 0.1) is 12.8 Å². The minimum Gasteiger partial charge on any atom is -0.372 e. The maximum atomic E-state index is 12.1. The lowest BCUT2D eigenvalue weighted by atomic mass is 9.99. The summed E-state index contributed by atoms with van der Waals surface area (Å²) in [6.45, 7) is 8.01. The van der Waals surface area contributed by atoms with Crippen molar-refractivity contribution in [3.8, 4) is 0 Å². The molecule has 0 atom stereocenters. The second-order valence-corrected chi connectivity index (χ2v) is 7.48. The standard InChI is InChI=1S/C21H28N4O3/c1-15-8-11-24(12-9-15)18-4-6-19(7-5-18)25(17(3)26)13-10-21(27)22-20-14-16(2)28-23-20/h4-7,14-15H,8-13H2,1-3H3,(H,22,23,27). The lowest BCUT2D eigenvalue weighted by molar-refractivity contribution is -0.117. The molecule has 2 amide bonds. The average molecular weight is 384 g/mol. The highest BCUT2D eigenvalue weighted by atomic mass is 16.5. The van der Waals surface area contributed by atoms with Gasteiger partial charge in [0.2, 0.25) is 11.8 Å². The van der Waals surface area contributed by atoms with Gasteiger partial charge in [0.1, 0.15) is 5.76 Å². The molecular formula is C21H28N4O3. The van der Waals surface area contributed by atoms with Crippen molar-refractivity contribution in [2.75, 3.05) is 34.8 Å². The SMILES string of the molecule is CC(=O)N(CCC(=O)Nc1cc(C)on1)c1ccc(N2CCC(C)CC2)cc1. The number of nitrogens with one attached hydrogen (secondary N) is 1. The summed E-state index contributed by atoms with van der Waals surface area (Å²) in [6, 6.07) is 9.67. The van der Waals surface area contributed by atoms with E-state index in [1.165, 1.54) is 25.5 Å². The number of amides is 2. The number of anilines is 3. The Labute approximate surface area is 165 Å². The zero-order chi connectivity index (χ0) is 20.1. The number of aryl methyl sites for hydroxylation is 1. The van der Waals surface area contributed by atoms with Gasteiger partial charge < -0.3 is 19.6 Å². The van der Waals surface area contributed by atoms with E-state index in [-0.39, 0.29) is 18.2 Å². The second kappa shape index (κ2) is 8.91. The zero-order valence-corrected chi connectivity index (χ0v) is 16.8. The van der Waals surface area contributed by atoms with Gasteiger partial charge in [0, 0.05) is 50.4 Å². The van der Waals surface area contributed by atoms with Gasteiger partial charge in [-0.1, -0.05) is 12.1 Å². The molecule has 0 radical (unpaired) electrons. The molecule has 0 saturated carbocycles. The quantitative estimate of drug-likeness (QED) is 0.823. The third-order valence-electron chi connectivity index (χ3n) is 5.15. The number of carbonyl (C=O) groups is 2. The van der Waals surface area contributed by atoms with E-state index in [2.05, 4.69) is 34.4 Å². The minimum atomic E-state index is -0.210. The Kier molecular flexibility index (Phi) is 6.34. The molecule has 0 bridgehead atoms. The molecule has 3 rings (SSSR count). The van der Waals surface area contributed by atoms with Crippen LogP contribution >= 0.6 is 0 Å². The summed E-state index contributed by atoms with van der Waals surface area (Å²) in [5.74, 6) is 1.50. The predicted molar refractivity (Wildman–Crippen MR) is 110 cm³/mol. The first kappa shape index (κ1) is 19.9. The molecule has 0 unspecified atom stereocenters. The van der Waals surface area contributed by atoms with Crippen LogP contribution in [0.5, 0.6) is 0 Å². The summed E-state index contributed by atoms with van der Waals surface area (Å²) in [5.41, 5.74) is 1.98. The molecule has 2 heterocycles. The van der Waals surface area contributed by atoms with Gasteiger partial charge in [0.05, 0.1) is 0 Å². The van der Waals surface area contributed by atoms with Crippen LogP contribution in [-0.4, -0.2) is 36.6 Å². The highest BCUT2D eigenvalue weighted by Crippen LogP contribution is 2.25. The fraction of sp³-hybridized carbons (Fsp3) is 0.476. The van der Waals surface area contributed by atoms with Crippen molar-refractivity contribution in [1.82, 2.24) is 5.16 Å². The smallest absolute Gasteiger partial charge is 0.227 e. The monoisotopic (exact) mass is 384 g/mol. The zero-order valence-electron chi connectivity index (χ0n) is 16.8. The molecule has 150 valence electrons. The molecule has 1 N–H and O–H groups in total. The summed E-state index contributed by atoms with van der Waals surface area (Å²) in [5, 5.41) is 6.42. The topological polar surface area (TPSA) is 78.7 Å². The van der Waals surface area contributed by atoms with Gasteiger partial charge in [0.15, 0.2) is 5.82 Å². The Balaban J connectivity index is 1.58. The first-order chi connectivity index (χ1) is 13.4. The first-order valence-electron chi connectivity index (χ1n) is 9.78. The maximum Gasteiger partial charge on any atom is 0.227 e. The Bertz CT molecular complexity index is 807. The van der Waals surface area contributed by atoms with Crippen molar-refractivity contribution in [3.63, 3.8) is 0 Å². The van der Waals surface area contributed by atoms with Crippen LogP contribution in [0.3, 0.4) is 0 Å². The van der Waals surface area contributed by atoms with Gasteiger partial charge >= 0.3 is 0 Å². The summed E-state index contributed by atoms with van der Waals surface area (Å²) < 4.78 is 4.93. The number of aromatic nitrogens is 1. The predicted octanol–water partition coefficient (Wildman–Crippen LogP) is 3.60. The highest BCUT2D eigenvalue weighted by molar-refractivity contribution is 5.94. The van der Waals surface area contributed by atoms with Gasteiger partial charge in [-0.3, -0.25) is 9.59 Å². The van der Waals surface area contributed by atoms with E-state index in [9.17, 15) is 9.59 Å². The summed E-state index contributed by atoms with van der Waals surface area (Å²) in [7, 11) is 0. The average Bonchev–Trinajstić information content (AvgIpc) is 3.07. The number of carbonyl (C=O) groups excluding carboxylic acids is 2. The van der Waals surface area contributed by atoms with Crippen LogP contribution in [0.1, 0.15) is 38.9 Å². The molecule has 0 aliphatic carbocycles. The Morgan fingerprint density at radius 3 is 2.50 bits per heavy atom. The fourth-order valence-corrected chi connectivity index (χ4v) is 3.42. The van der Waals surface area contributed by atoms with Gasteiger partial charge in [-0.25, -0.2) is 0 Å². The molecule has 1 fully saturated rings. The second-order valence-electron chi connectivity index (χ2n) is 7.48. The van der Waals surface area contributed by atoms with Crippen molar-refractivity contribution in [1.29, 1.82) is 0 Å². The molecule has 1 aliphatic rings. The van der Waals surface area contributed by atoms with Gasteiger partial charge in [-0.2, -0.15) is 0 Å². The molecular weight excluding hydrogens is 356 g/mol. The number of hydrogen-bond donors (Lipinski definition) is 1. The molecule has 28 heavy (non-hydrogen) atoms. The minimum absolute atomic E-state index is 0.0929. The molecule has 7 nitrogen and oxygen atoms in total. The normalized spacial score (nSPS) is 14.8. The van der Waals surface area contributed by atoms with Crippen molar-refractivity contribution in [2.45, 2.75) is 40.0 Å². The summed E-state index contributed by atoms with van der Waals surface area (Å²) >= 11 is 0. The largest absolute Gasteiger partial charge is 0.372 e. The summed E-state index contributed by atoms with van der Waals surface area (Å²) in [4.78, 5) is 28.2. The number of hydrogen-bond acceptors (Lipinski definition) is 5. The van der Waals surface area contributed by atoms with Crippen LogP contribution in [-0.2, 0) is 9.59 Å². The molecule has 7 heteroatoms. The van der Waals surface area contributed by atoms with Crippen LogP contribution < -0.4 is 15.1 Å². The first-order valence-corrected chi connectivity index (χ1v) is 9.78. The molecule has 2 aromatic rings. The molecule has 1 aliphatic heterocycles. The van der Waals surface area contributed by atoms with E-state index < -0.39 is 0 Å². The van der Waals surface area contributed by atoms with E-state index in [1.54, 1.807) is 17.9 Å². The lowest BCUT2D eigenvalue weighted by Gasteiger charge is -2.32. The third kappa shape index (κ3) is 5.12. The maximum absolute atomic E-state index is 12.1. The Morgan fingerprint density at radius 2 is 1.93 bits per heavy atom. The van der Waals surface area contributed by atoms with Gasteiger partial charge in [-0.15, -0.1) is 0 Å². The van der Waals surface area contributed by atoms with E-state index in [0.29, 0.717) is 18.1 Å². The number of benzene rings is 1. The van der Waals surface area contributed by atoms with Gasteiger partial charge in [-0.05, 0) is 49.9 Å². The van der Waals surface area contributed by atoms with Crippen LogP contribution in [0.25, 0.3) is 0 Å². The van der Waals surface area contributed by atoms with Crippen molar-refractivity contribution in [2.24, 2.45) is 5.92 Å². The van der Waals surface area contributed by atoms with Crippen molar-refractivity contribution in [3.05, 3.63) is 36.1 Å². The number of nitrogens with zero attached hydrogens (tertiary/aromatic N) is 3. The summed E-state index contributed by atoms with van der Waals surface area (Å²) in [6.07, 6.45) is 2.60. The van der Waals surface area contributed by atoms with E-state index >= 15 is 0 Å². The Morgan fingerprint density at radius 1 is 1.25 bits per heavy atom. The van der Waals surface area contributed by atoms with Crippen LogP contribution in [0.15, 0.2) is 34.9 Å². The fourth-order valence-electron chi connectivity index (χ4n) is 3.42. The van der Waals surface area contributed by atoms with Crippen molar-refractivity contribution >= 4 is 29.0 Å².